The number of nitrogens with one attached hydrogen (secondary N) is 1. The quantitative estimate of drug-likeness (QED) is 0.847. The van der Waals surface area contributed by atoms with Gasteiger partial charge in [-0.15, -0.1) is 0 Å². The number of hydrogen-bond acceptors (Lipinski definition) is 5. The van der Waals surface area contributed by atoms with Gasteiger partial charge in [0.15, 0.2) is 6.61 Å². The third-order valence-corrected chi connectivity index (χ3v) is 3.98. The molecule has 1 aromatic heterocycles. The number of piperidine rings is 1. The highest BCUT2D eigenvalue weighted by Gasteiger charge is 2.29. The third kappa shape index (κ3) is 5.65. The Kier molecular flexibility index (Phi) is 6.52. The first kappa shape index (κ1) is 20.1. The van der Waals surface area contributed by atoms with Gasteiger partial charge in [0.25, 0.3) is 5.91 Å². The Balaban J connectivity index is 1.90. The molecule has 0 aromatic carbocycles. The molecule has 2 heterocycles. The average Bonchev–Trinajstić information content (AvgIpc) is 2.59. The number of halogens is 4. The van der Waals surface area contributed by atoms with Crippen LogP contribution in [0.15, 0.2) is 12.3 Å². The van der Waals surface area contributed by atoms with Gasteiger partial charge in [-0.25, -0.2) is 9.78 Å². The van der Waals surface area contributed by atoms with Crippen LogP contribution in [0, 0.1) is 0 Å². The van der Waals surface area contributed by atoms with Crippen LogP contribution in [0.2, 0.25) is 5.02 Å². The normalized spacial score (nSPS) is 15.5. The van der Waals surface area contributed by atoms with Crippen LogP contribution < -0.4 is 10.1 Å². The van der Waals surface area contributed by atoms with Gasteiger partial charge in [0.2, 0.25) is 5.88 Å². The number of ether oxygens (including phenoxy) is 2. The van der Waals surface area contributed by atoms with Crippen LogP contribution in [0.3, 0.4) is 0 Å². The number of pyridine rings is 1. The van der Waals surface area contributed by atoms with Crippen molar-refractivity contribution in [2.45, 2.75) is 25.1 Å². The molecule has 2 amide bonds. The van der Waals surface area contributed by atoms with Crippen LogP contribution in [0.4, 0.5) is 18.0 Å². The average molecular weight is 396 g/mol. The number of alkyl halides is 3. The summed E-state index contributed by atoms with van der Waals surface area (Å²) in [6.07, 6.45) is -2.74. The second-order valence-corrected chi connectivity index (χ2v) is 6.03. The van der Waals surface area contributed by atoms with Crippen LogP contribution in [0.1, 0.15) is 23.2 Å². The fraction of sp³-hybridized carbons (Fsp3) is 0.533. The number of nitrogens with zero attached hydrogens (tertiary/aromatic N) is 2. The van der Waals surface area contributed by atoms with Crippen LogP contribution in [-0.2, 0) is 4.74 Å². The summed E-state index contributed by atoms with van der Waals surface area (Å²) in [6, 6.07) is 1.04. The minimum Gasteiger partial charge on any atom is -0.467 e. The fourth-order valence-electron chi connectivity index (χ4n) is 2.41. The number of hydrogen-bond donors (Lipinski definition) is 1. The van der Waals surface area contributed by atoms with Crippen LogP contribution >= 0.6 is 11.6 Å². The van der Waals surface area contributed by atoms with E-state index in [1.54, 1.807) is 0 Å². The Morgan fingerprint density at radius 1 is 1.38 bits per heavy atom. The minimum absolute atomic E-state index is 0.102. The van der Waals surface area contributed by atoms with Crippen molar-refractivity contribution in [2.75, 3.05) is 26.8 Å². The lowest BCUT2D eigenvalue weighted by Gasteiger charge is -2.31. The zero-order chi connectivity index (χ0) is 19.3. The molecule has 1 N–H and O–H groups in total. The van der Waals surface area contributed by atoms with Gasteiger partial charge in [-0.05, 0) is 18.9 Å². The molecule has 2 rings (SSSR count). The van der Waals surface area contributed by atoms with E-state index in [4.69, 9.17) is 11.6 Å². The number of rotatable bonds is 4. The highest BCUT2D eigenvalue weighted by Crippen LogP contribution is 2.25. The van der Waals surface area contributed by atoms with Crippen molar-refractivity contribution >= 4 is 23.6 Å². The lowest BCUT2D eigenvalue weighted by Crippen LogP contribution is -2.46. The van der Waals surface area contributed by atoms with Crippen molar-refractivity contribution in [1.29, 1.82) is 0 Å². The summed E-state index contributed by atoms with van der Waals surface area (Å²) in [5.74, 6) is -0.856. The highest BCUT2D eigenvalue weighted by atomic mass is 35.5. The Labute approximate surface area is 152 Å². The summed E-state index contributed by atoms with van der Waals surface area (Å²) in [5, 5.41) is 2.59. The molecule has 0 radical (unpaired) electrons. The molecule has 7 nitrogen and oxygen atoms in total. The van der Waals surface area contributed by atoms with Gasteiger partial charge in [-0.2, -0.15) is 13.2 Å². The molecule has 144 valence electrons. The van der Waals surface area contributed by atoms with Gasteiger partial charge in [-0.3, -0.25) is 4.79 Å². The van der Waals surface area contributed by atoms with Crippen molar-refractivity contribution in [3.05, 3.63) is 22.8 Å². The molecule has 1 aliphatic heterocycles. The van der Waals surface area contributed by atoms with E-state index in [0.29, 0.717) is 25.9 Å². The summed E-state index contributed by atoms with van der Waals surface area (Å²) < 4.78 is 45.6. The lowest BCUT2D eigenvalue weighted by atomic mass is 10.0. The maximum absolute atomic E-state index is 12.2. The highest BCUT2D eigenvalue weighted by molar-refractivity contribution is 6.32. The molecule has 0 spiro atoms. The van der Waals surface area contributed by atoms with Crippen molar-refractivity contribution < 1.29 is 32.2 Å². The van der Waals surface area contributed by atoms with Crippen molar-refractivity contribution in [1.82, 2.24) is 15.2 Å². The Bertz CT molecular complexity index is 664. The number of carbonyl (C=O) groups is 2. The predicted molar refractivity (Wildman–Crippen MR) is 85.3 cm³/mol. The van der Waals surface area contributed by atoms with Gasteiger partial charge in [0, 0.05) is 25.3 Å². The SMILES string of the molecule is COC(=O)N1CCC(NC(=O)c2cnc(OCC(F)(F)F)c(Cl)c2)CC1. The third-order valence-electron chi connectivity index (χ3n) is 3.71. The molecule has 1 aliphatic rings. The monoisotopic (exact) mass is 395 g/mol. The van der Waals surface area contributed by atoms with Gasteiger partial charge in [0.05, 0.1) is 12.7 Å². The molecule has 26 heavy (non-hydrogen) atoms. The first-order valence-electron chi connectivity index (χ1n) is 7.68. The second-order valence-electron chi connectivity index (χ2n) is 5.62. The standard InChI is InChI=1S/C15H17ClF3N3O4/c1-25-14(24)22-4-2-10(3-5-22)21-12(23)9-6-11(16)13(20-7-9)26-8-15(17,18)19/h6-7,10H,2-5,8H2,1H3,(H,21,23). The maximum atomic E-state index is 12.2. The number of aromatic nitrogens is 1. The molecule has 0 bridgehead atoms. The van der Waals surface area contributed by atoms with E-state index in [-0.39, 0.29) is 16.6 Å². The van der Waals surface area contributed by atoms with E-state index >= 15 is 0 Å². The number of methoxy groups -OCH3 is 1. The smallest absolute Gasteiger partial charge is 0.422 e. The summed E-state index contributed by atoms with van der Waals surface area (Å²) >= 11 is 5.82. The Morgan fingerprint density at radius 2 is 2.04 bits per heavy atom. The van der Waals surface area contributed by atoms with Crippen LogP contribution in [-0.4, -0.2) is 60.9 Å². The zero-order valence-electron chi connectivity index (χ0n) is 13.8. The summed E-state index contributed by atoms with van der Waals surface area (Å²) in [7, 11) is 1.30. The molecule has 11 heteroatoms. The molecular formula is C15H17ClF3N3O4. The van der Waals surface area contributed by atoms with Crippen molar-refractivity contribution in [2.24, 2.45) is 0 Å². The fourth-order valence-corrected chi connectivity index (χ4v) is 2.63. The molecule has 1 aromatic rings. The van der Waals surface area contributed by atoms with E-state index in [1.807, 2.05) is 0 Å². The first-order chi connectivity index (χ1) is 12.2. The van der Waals surface area contributed by atoms with Crippen molar-refractivity contribution in [3.8, 4) is 5.88 Å². The molecule has 0 atom stereocenters. The van der Waals surface area contributed by atoms with Crippen LogP contribution in [0.5, 0.6) is 5.88 Å². The summed E-state index contributed by atoms with van der Waals surface area (Å²) in [6.45, 7) is -0.633. The summed E-state index contributed by atoms with van der Waals surface area (Å²) in [5.41, 5.74) is 0.102. The number of amides is 2. The van der Waals surface area contributed by atoms with Crippen LogP contribution in [0.25, 0.3) is 0 Å². The molecule has 0 unspecified atom stereocenters. The predicted octanol–water partition coefficient (Wildman–Crippen LogP) is 2.64. The van der Waals surface area contributed by atoms with Crippen molar-refractivity contribution in [3.63, 3.8) is 0 Å². The second kappa shape index (κ2) is 8.43. The molecule has 1 fully saturated rings. The minimum atomic E-state index is -4.51. The van der Waals surface area contributed by atoms with Gasteiger partial charge in [-0.1, -0.05) is 11.6 Å². The lowest BCUT2D eigenvalue weighted by molar-refractivity contribution is -0.154. The van der Waals surface area contributed by atoms with Gasteiger partial charge >= 0.3 is 12.3 Å². The number of likely N-dealkylation sites (tertiary alicyclic amines) is 1. The van der Waals surface area contributed by atoms with E-state index < -0.39 is 30.7 Å². The number of carbonyl (C=O) groups excluding carboxylic acids is 2. The van der Waals surface area contributed by atoms with E-state index in [1.165, 1.54) is 18.1 Å². The summed E-state index contributed by atoms with van der Waals surface area (Å²) in [4.78, 5) is 28.8. The molecule has 0 aliphatic carbocycles. The molecular weight excluding hydrogens is 379 g/mol. The molecule has 1 saturated heterocycles. The maximum Gasteiger partial charge on any atom is 0.422 e. The van der Waals surface area contributed by atoms with Gasteiger partial charge < -0.3 is 19.7 Å². The Morgan fingerprint density at radius 3 is 2.58 bits per heavy atom. The largest absolute Gasteiger partial charge is 0.467 e. The van der Waals surface area contributed by atoms with E-state index in [0.717, 1.165) is 6.20 Å². The van der Waals surface area contributed by atoms with Gasteiger partial charge in [0.1, 0.15) is 5.02 Å². The topological polar surface area (TPSA) is 80.8 Å². The van der Waals surface area contributed by atoms with E-state index in [9.17, 15) is 22.8 Å². The Hall–Kier alpha value is -2.23. The zero-order valence-corrected chi connectivity index (χ0v) is 14.6. The first-order valence-corrected chi connectivity index (χ1v) is 8.06. The van der Waals surface area contributed by atoms with E-state index in [2.05, 4.69) is 19.8 Å². The molecule has 0 saturated carbocycles.